The van der Waals surface area contributed by atoms with Crippen LogP contribution in [0, 0.1) is 3.57 Å². The molecule has 0 unspecified atom stereocenters. The van der Waals surface area contributed by atoms with Crippen molar-refractivity contribution in [3.63, 3.8) is 0 Å². The van der Waals surface area contributed by atoms with E-state index in [0.717, 1.165) is 13.6 Å². The first-order chi connectivity index (χ1) is 15.9. The Bertz CT molecular complexity index is 1260. The molecule has 3 aromatic carbocycles. The Morgan fingerprint density at radius 2 is 1.91 bits per heavy atom. The van der Waals surface area contributed by atoms with Gasteiger partial charge in [0.1, 0.15) is 6.61 Å². The summed E-state index contributed by atoms with van der Waals surface area (Å²) in [4.78, 5) is 16.8. The van der Waals surface area contributed by atoms with Crippen molar-refractivity contribution in [1.82, 2.24) is 0 Å². The van der Waals surface area contributed by atoms with E-state index in [0.29, 0.717) is 40.9 Å². The summed E-state index contributed by atoms with van der Waals surface area (Å²) in [5.41, 5.74) is 2.55. The Kier molecular flexibility index (Phi) is 7.72. The van der Waals surface area contributed by atoms with E-state index in [1.54, 1.807) is 18.2 Å². The van der Waals surface area contributed by atoms with Crippen LogP contribution in [0.3, 0.4) is 0 Å². The molecule has 0 atom stereocenters. The summed E-state index contributed by atoms with van der Waals surface area (Å²) in [6.07, 6.45) is 1.62. The molecule has 5 nitrogen and oxygen atoms in total. The molecule has 4 rings (SSSR count). The normalized spacial score (nSPS) is 14.2. The van der Waals surface area contributed by atoms with Crippen LogP contribution in [0.15, 0.2) is 75.8 Å². The number of benzene rings is 3. The second-order valence-corrected chi connectivity index (χ2v) is 9.43. The zero-order valence-corrected chi connectivity index (χ0v) is 22.0. The summed E-state index contributed by atoms with van der Waals surface area (Å²) in [6, 6.07) is 18.9. The molecule has 3 aromatic rings. The van der Waals surface area contributed by atoms with Crippen LogP contribution >= 0.6 is 50.1 Å². The monoisotopic (exact) mass is 637 g/mol. The second-order valence-electron chi connectivity index (χ2n) is 7.00. The third-order valence-corrected chi connectivity index (χ3v) is 7.27. The van der Waals surface area contributed by atoms with Crippen LogP contribution in [0.2, 0.25) is 5.02 Å². The fourth-order valence-corrected chi connectivity index (χ4v) is 4.11. The summed E-state index contributed by atoms with van der Waals surface area (Å²) < 4.78 is 19.0. The standard InChI is InChI=1S/C25H18BrClINO4/c1-2-31-22-12-16(10-19(27)23(22)32-14-15-6-4-3-5-7-15)11-21-25(30)33-24(29-21)17-8-9-20(28)18(26)13-17/h3-13H,2,14H2,1H3/b21-11-. The molecule has 1 aliphatic heterocycles. The van der Waals surface area contributed by atoms with E-state index in [9.17, 15) is 4.79 Å². The molecule has 0 aliphatic carbocycles. The number of carbonyl (C=O) groups is 1. The number of ether oxygens (including phenoxy) is 3. The Hall–Kier alpha value is -2.36. The maximum absolute atomic E-state index is 12.4. The van der Waals surface area contributed by atoms with Crippen molar-refractivity contribution in [3.8, 4) is 11.5 Å². The third kappa shape index (κ3) is 5.77. The zero-order valence-electron chi connectivity index (χ0n) is 17.5. The highest BCUT2D eigenvalue weighted by atomic mass is 127. The molecule has 0 radical (unpaired) electrons. The van der Waals surface area contributed by atoms with Gasteiger partial charge in [0.15, 0.2) is 17.2 Å². The summed E-state index contributed by atoms with van der Waals surface area (Å²) in [5, 5.41) is 0.376. The second kappa shape index (κ2) is 10.7. The maximum atomic E-state index is 12.4. The minimum absolute atomic E-state index is 0.177. The molecule has 1 heterocycles. The lowest BCUT2D eigenvalue weighted by molar-refractivity contribution is -0.129. The number of esters is 1. The number of nitrogens with zero attached hydrogens (tertiary/aromatic N) is 1. The van der Waals surface area contributed by atoms with Gasteiger partial charge in [-0.15, -0.1) is 0 Å². The average Bonchev–Trinajstić information content (AvgIpc) is 3.16. The summed E-state index contributed by atoms with van der Waals surface area (Å²) in [6.45, 7) is 2.67. The quantitative estimate of drug-likeness (QED) is 0.159. The van der Waals surface area contributed by atoms with Gasteiger partial charge in [-0.25, -0.2) is 9.79 Å². The summed E-state index contributed by atoms with van der Waals surface area (Å²) in [7, 11) is 0. The molecule has 0 spiro atoms. The summed E-state index contributed by atoms with van der Waals surface area (Å²) in [5.74, 6) is 0.664. The highest BCUT2D eigenvalue weighted by Crippen LogP contribution is 2.38. The molecule has 0 fully saturated rings. The van der Waals surface area contributed by atoms with Crippen LogP contribution in [0.5, 0.6) is 11.5 Å². The summed E-state index contributed by atoms with van der Waals surface area (Å²) >= 11 is 12.2. The van der Waals surface area contributed by atoms with Gasteiger partial charge in [-0.1, -0.05) is 41.9 Å². The van der Waals surface area contributed by atoms with Gasteiger partial charge < -0.3 is 14.2 Å². The molecule has 0 N–H and O–H groups in total. The molecular weight excluding hydrogens is 621 g/mol. The lowest BCUT2D eigenvalue weighted by Crippen LogP contribution is -2.05. The average molecular weight is 639 g/mol. The SMILES string of the molecule is CCOc1cc(/C=C2\N=C(c3ccc(I)c(Br)c3)OC2=O)cc(Cl)c1OCc1ccccc1. The van der Waals surface area contributed by atoms with E-state index < -0.39 is 5.97 Å². The fraction of sp³-hybridized carbons (Fsp3) is 0.120. The van der Waals surface area contributed by atoms with Crippen molar-refractivity contribution in [3.05, 3.63) is 96.1 Å². The predicted octanol–water partition coefficient (Wildman–Crippen LogP) is 7.03. The molecule has 0 saturated carbocycles. The lowest BCUT2D eigenvalue weighted by atomic mass is 10.1. The molecule has 33 heavy (non-hydrogen) atoms. The molecule has 0 amide bonds. The maximum Gasteiger partial charge on any atom is 0.363 e. The van der Waals surface area contributed by atoms with Gasteiger partial charge in [-0.2, -0.15) is 0 Å². The Balaban J connectivity index is 1.62. The number of halogens is 3. The number of hydrogen-bond acceptors (Lipinski definition) is 5. The molecule has 0 saturated heterocycles. The number of carbonyl (C=O) groups excluding carboxylic acids is 1. The van der Waals surface area contributed by atoms with Crippen LogP contribution in [-0.4, -0.2) is 18.5 Å². The topological polar surface area (TPSA) is 57.1 Å². The zero-order chi connectivity index (χ0) is 23.4. The van der Waals surface area contributed by atoms with E-state index in [-0.39, 0.29) is 11.6 Å². The predicted molar refractivity (Wildman–Crippen MR) is 141 cm³/mol. The minimum Gasteiger partial charge on any atom is -0.490 e. The minimum atomic E-state index is -0.529. The van der Waals surface area contributed by atoms with E-state index in [4.69, 9.17) is 25.8 Å². The number of cyclic esters (lactones) is 1. The van der Waals surface area contributed by atoms with Crippen molar-refractivity contribution in [2.24, 2.45) is 4.99 Å². The van der Waals surface area contributed by atoms with Gasteiger partial charge in [0.2, 0.25) is 5.90 Å². The Morgan fingerprint density at radius 1 is 1.12 bits per heavy atom. The molecule has 168 valence electrons. The van der Waals surface area contributed by atoms with E-state index in [1.165, 1.54) is 0 Å². The Morgan fingerprint density at radius 3 is 2.64 bits per heavy atom. The first-order valence-corrected chi connectivity index (χ1v) is 12.3. The Labute approximate surface area is 218 Å². The van der Waals surface area contributed by atoms with Crippen LogP contribution < -0.4 is 9.47 Å². The van der Waals surface area contributed by atoms with Crippen LogP contribution in [0.1, 0.15) is 23.6 Å². The van der Waals surface area contributed by atoms with E-state index >= 15 is 0 Å². The van der Waals surface area contributed by atoms with Crippen LogP contribution in [0.25, 0.3) is 6.08 Å². The number of aliphatic imine (C=N–C) groups is 1. The highest BCUT2D eigenvalue weighted by Gasteiger charge is 2.25. The van der Waals surface area contributed by atoms with Crippen molar-refractivity contribution in [2.45, 2.75) is 13.5 Å². The van der Waals surface area contributed by atoms with Gasteiger partial charge in [-0.3, -0.25) is 0 Å². The first kappa shape index (κ1) is 23.8. The molecule has 0 aromatic heterocycles. The van der Waals surface area contributed by atoms with Gasteiger partial charge in [-0.05, 0) is 93.0 Å². The van der Waals surface area contributed by atoms with Crippen molar-refractivity contribution < 1.29 is 19.0 Å². The van der Waals surface area contributed by atoms with Gasteiger partial charge >= 0.3 is 5.97 Å². The van der Waals surface area contributed by atoms with E-state index in [2.05, 4.69) is 43.5 Å². The first-order valence-electron chi connectivity index (χ1n) is 10.1. The van der Waals surface area contributed by atoms with E-state index in [1.807, 2.05) is 55.5 Å². The molecule has 1 aliphatic rings. The van der Waals surface area contributed by atoms with Crippen molar-refractivity contribution in [2.75, 3.05) is 6.61 Å². The lowest BCUT2D eigenvalue weighted by Gasteiger charge is -2.14. The largest absolute Gasteiger partial charge is 0.490 e. The van der Waals surface area contributed by atoms with Crippen LogP contribution in [0.4, 0.5) is 0 Å². The molecule has 0 bridgehead atoms. The van der Waals surface area contributed by atoms with Crippen molar-refractivity contribution in [1.29, 1.82) is 0 Å². The van der Waals surface area contributed by atoms with Gasteiger partial charge in [0, 0.05) is 13.6 Å². The number of rotatable bonds is 7. The fourth-order valence-electron chi connectivity index (χ4n) is 3.12. The highest BCUT2D eigenvalue weighted by molar-refractivity contribution is 14.1. The third-order valence-electron chi connectivity index (χ3n) is 4.65. The smallest absolute Gasteiger partial charge is 0.363 e. The van der Waals surface area contributed by atoms with Gasteiger partial charge in [0.25, 0.3) is 0 Å². The van der Waals surface area contributed by atoms with Gasteiger partial charge in [0.05, 0.1) is 11.6 Å². The van der Waals surface area contributed by atoms with Crippen LogP contribution in [-0.2, 0) is 16.1 Å². The molecular formula is C25H18BrClINO4. The number of hydrogen-bond donors (Lipinski definition) is 0. The van der Waals surface area contributed by atoms with Crippen molar-refractivity contribution >= 4 is 68.1 Å². The molecule has 8 heteroatoms.